The first kappa shape index (κ1) is 15.7. The number of hydrogen-bond acceptors (Lipinski definition) is 5. The van der Waals surface area contributed by atoms with E-state index in [1.165, 1.54) is 0 Å². The Kier molecular flexibility index (Phi) is 4.73. The molecule has 0 unspecified atom stereocenters. The Morgan fingerprint density at radius 2 is 2.22 bits per heavy atom. The second kappa shape index (κ2) is 6.93. The summed E-state index contributed by atoms with van der Waals surface area (Å²) in [4.78, 5) is 12.0. The molecular weight excluding hydrogens is 334 g/mol. The van der Waals surface area contributed by atoms with Crippen molar-refractivity contribution in [3.8, 4) is 11.5 Å². The van der Waals surface area contributed by atoms with Crippen molar-refractivity contribution in [1.29, 1.82) is 0 Å². The van der Waals surface area contributed by atoms with Gasteiger partial charge in [0.25, 0.3) is 0 Å². The molecule has 118 valence electrons. The fraction of sp³-hybridized carbons (Fsp3) is 0.188. The molecule has 0 atom stereocenters. The van der Waals surface area contributed by atoms with Crippen LogP contribution in [0.15, 0.2) is 39.4 Å². The predicted molar refractivity (Wildman–Crippen MR) is 90.8 cm³/mol. The summed E-state index contributed by atoms with van der Waals surface area (Å²) >= 11 is 7.46. The first-order valence-electron chi connectivity index (χ1n) is 7.03. The zero-order valence-electron chi connectivity index (χ0n) is 12.4. The molecule has 23 heavy (non-hydrogen) atoms. The van der Waals surface area contributed by atoms with Crippen LogP contribution in [0.5, 0.6) is 0 Å². The number of benzene rings is 1. The maximum Gasteiger partial charge on any atom is 0.248 e. The zero-order chi connectivity index (χ0) is 16.2. The highest BCUT2D eigenvalue weighted by Crippen LogP contribution is 2.22. The molecule has 0 saturated carbocycles. The average molecular weight is 348 g/mol. The van der Waals surface area contributed by atoms with Gasteiger partial charge in [0.1, 0.15) is 0 Å². The van der Waals surface area contributed by atoms with Crippen LogP contribution in [-0.4, -0.2) is 16.1 Å². The Labute approximate surface area is 142 Å². The van der Waals surface area contributed by atoms with Crippen LogP contribution in [0.3, 0.4) is 0 Å². The van der Waals surface area contributed by atoms with Crippen LogP contribution in [0.4, 0.5) is 5.69 Å². The lowest BCUT2D eigenvalue weighted by molar-refractivity contribution is -0.116. The van der Waals surface area contributed by atoms with Gasteiger partial charge in [0.15, 0.2) is 0 Å². The fourth-order valence-corrected chi connectivity index (χ4v) is 2.91. The largest absolute Gasteiger partial charge is 0.421 e. The molecule has 0 aliphatic heterocycles. The average Bonchev–Trinajstić information content (AvgIpc) is 3.18. The SMILES string of the molecule is Cc1cc(Cl)ccc1NC(=O)CCc1nnc(-c2ccsc2)o1. The normalized spacial score (nSPS) is 10.7. The summed E-state index contributed by atoms with van der Waals surface area (Å²) in [5, 5.41) is 15.3. The number of anilines is 1. The van der Waals surface area contributed by atoms with E-state index in [0.29, 0.717) is 23.2 Å². The van der Waals surface area contributed by atoms with Crippen molar-refractivity contribution in [3.63, 3.8) is 0 Å². The third-order valence-corrected chi connectivity index (χ3v) is 4.18. The van der Waals surface area contributed by atoms with Crippen LogP contribution in [0.2, 0.25) is 5.02 Å². The van der Waals surface area contributed by atoms with Crippen molar-refractivity contribution in [2.24, 2.45) is 0 Å². The molecule has 3 rings (SSSR count). The summed E-state index contributed by atoms with van der Waals surface area (Å²) in [7, 11) is 0. The van der Waals surface area contributed by atoms with Gasteiger partial charge in [-0.25, -0.2) is 0 Å². The predicted octanol–water partition coefficient (Wildman–Crippen LogP) is 4.33. The highest BCUT2D eigenvalue weighted by molar-refractivity contribution is 7.08. The second-order valence-electron chi connectivity index (χ2n) is 5.02. The Hall–Kier alpha value is -2.18. The molecule has 0 aliphatic carbocycles. The summed E-state index contributed by atoms with van der Waals surface area (Å²) in [6.45, 7) is 1.90. The lowest BCUT2D eigenvalue weighted by atomic mass is 10.2. The van der Waals surface area contributed by atoms with E-state index in [9.17, 15) is 4.79 Å². The highest BCUT2D eigenvalue weighted by atomic mass is 35.5. The molecule has 0 spiro atoms. The van der Waals surface area contributed by atoms with Crippen LogP contribution < -0.4 is 5.32 Å². The van der Waals surface area contributed by atoms with Crippen LogP contribution in [0, 0.1) is 6.92 Å². The maximum atomic E-state index is 12.0. The van der Waals surface area contributed by atoms with E-state index < -0.39 is 0 Å². The summed E-state index contributed by atoms with van der Waals surface area (Å²) in [5.41, 5.74) is 2.57. The quantitative estimate of drug-likeness (QED) is 0.745. The van der Waals surface area contributed by atoms with Crippen molar-refractivity contribution < 1.29 is 9.21 Å². The molecule has 0 radical (unpaired) electrons. The van der Waals surface area contributed by atoms with E-state index in [-0.39, 0.29) is 12.3 Å². The topological polar surface area (TPSA) is 68.0 Å². The minimum atomic E-state index is -0.106. The Balaban J connectivity index is 1.57. The van der Waals surface area contributed by atoms with Crippen molar-refractivity contribution >= 4 is 34.5 Å². The van der Waals surface area contributed by atoms with Gasteiger partial charge in [0.2, 0.25) is 17.7 Å². The maximum absolute atomic E-state index is 12.0. The molecule has 2 aromatic heterocycles. The number of thiophene rings is 1. The van der Waals surface area contributed by atoms with Gasteiger partial charge in [0.05, 0.1) is 0 Å². The van der Waals surface area contributed by atoms with Gasteiger partial charge >= 0.3 is 0 Å². The molecule has 3 aromatic rings. The number of amides is 1. The summed E-state index contributed by atoms with van der Waals surface area (Å²) in [6, 6.07) is 7.26. The van der Waals surface area contributed by atoms with Crippen LogP contribution in [0.25, 0.3) is 11.5 Å². The molecule has 1 aromatic carbocycles. The van der Waals surface area contributed by atoms with Gasteiger partial charge in [-0.3, -0.25) is 4.79 Å². The Morgan fingerprint density at radius 1 is 1.35 bits per heavy atom. The van der Waals surface area contributed by atoms with E-state index in [2.05, 4.69) is 15.5 Å². The number of carbonyl (C=O) groups excluding carboxylic acids is 1. The van der Waals surface area contributed by atoms with Gasteiger partial charge < -0.3 is 9.73 Å². The number of hydrogen-bond donors (Lipinski definition) is 1. The summed E-state index contributed by atoms with van der Waals surface area (Å²) in [5.74, 6) is 0.829. The van der Waals surface area contributed by atoms with Crippen molar-refractivity contribution in [3.05, 3.63) is 51.5 Å². The van der Waals surface area contributed by atoms with Gasteiger partial charge in [-0.2, -0.15) is 11.3 Å². The molecule has 0 aliphatic rings. The van der Waals surface area contributed by atoms with Crippen molar-refractivity contribution in [2.45, 2.75) is 19.8 Å². The Morgan fingerprint density at radius 3 is 2.96 bits per heavy atom. The molecule has 7 heteroatoms. The van der Waals surface area contributed by atoms with E-state index in [1.54, 1.807) is 23.5 Å². The number of halogens is 1. The number of carbonyl (C=O) groups is 1. The molecule has 1 N–H and O–H groups in total. The van der Waals surface area contributed by atoms with Gasteiger partial charge in [-0.05, 0) is 42.1 Å². The minimum Gasteiger partial charge on any atom is -0.421 e. The molecule has 1 amide bonds. The molecular formula is C16H14ClN3O2S. The molecule has 0 saturated heterocycles. The highest BCUT2D eigenvalue weighted by Gasteiger charge is 2.11. The lowest BCUT2D eigenvalue weighted by Gasteiger charge is -2.07. The Bertz CT molecular complexity index is 815. The van der Waals surface area contributed by atoms with Gasteiger partial charge in [-0.15, -0.1) is 10.2 Å². The van der Waals surface area contributed by atoms with Crippen LogP contribution >= 0.6 is 22.9 Å². The monoisotopic (exact) mass is 347 g/mol. The summed E-state index contributed by atoms with van der Waals surface area (Å²) < 4.78 is 5.56. The summed E-state index contributed by atoms with van der Waals surface area (Å²) in [6.07, 6.45) is 0.670. The zero-order valence-corrected chi connectivity index (χ0v) is 13.9. The molecule has 2 heterocycles. The van der Waals surface area contributed by atoms with Gasteiger partial charge in [-0.1, -0.05) is 11.6 Å². The standard InChI is InChI=1S/C16H14ClN3O2S/c1-10-8-12(17)2-3-13(10)18-14(21)4-5-15-19-20-16(22-15)11-6-7-23-9-11/h2-3,6-9H,4-5H2,1H3,(H,18,21). The third-order valence-electron chi connectivity index (χ3n) is 3.26. The van der Waals surface area contributed by atoms with Gasteiger partial charge in [0, 0.05) is 34.5 Å². The lowest BCUT2D eigenvalue weighted by Crippen LogP contribution is -2.13. The van der Waals surface area contributed by atoms with E-state index in [0.717, 1.165) is 16.8 Å². The number of nitrogens with zero attached hydrogens (tertiary/aromatic N) is 2. The van der Waals surface area contributed by atoms with Crippen molar-refractivity contribution in [2.75, 3.05) is 5.32 Å². The van der Waals surface area contributed by atoms with E-state index in [4.69, 9.17) is 16.0 Å². The first-order valence-corrected chi connectivity index (χ1v) is 8.35. The van der Waals surface area contributed by atoms with E-state index in [1.807, 2.05) is 29.8 Å². The number of aryl methyl sites for hydroxylation is 2. The first-order chi connectivity index (χ1) is 11.1. The second-order valence-corrected chi connectivity index (χ2v) is 6.24. The van der Waals surface area contributed by atoms with Crippen molar-refractivity contribution in [1.82, 2.24) is 10.2 Å². The molecule has 0 bridgehead atoms. The number of nitrogens with one attached hydrogen (secondary N) is 1. The minimum absolute atomic E-state index is 0.106. The van der Waals surface area contributed by atoms with Crippen LogP contribution in [0.1, 0.15) is 17.9 Å². The molecule has 0 fully saturated rings. The molecule has 5 nitrogen and oxygen atoms in total. The number of rotatable bonds is 5. The third kappa shape index (κ3) is 3.97. The van der Waals surface area contributed by atoms with E-state index >= 15 is 0 Å². The van der Waals surface area contributed by atoms with Crippen LogP contribution in [-0.2, 0) is 11.2 Å². The number of aromatic nitrogens is 2. The smallest absolute Gasteiger partial charge is 0.248 e. The fourth-order valence-electron chi connectivity index (χ4n) is 2.06.